The Hall–Kier alpha value is -2.56. The number of hydrogen-bond acceptors (Lipinski definition) is 8. The second-order valence-electron chi connectivity index (χ2n) is 9.72. The minimum absolute atomic E-state index is 0.0568. The molecule has 1 saturated heterocycles. The zero-order valence-corrected chi connectivity index (χ0v) is 21.8. The van der Waals surface area contributed by atoms with E-state index in [-0.39, 0.29) is 30.0 Å². The molecule has 4 atom stereocenters. The number of rotatable bonds is 12. The van der Waals surface area contributed by atoms with E-state index >= 15 is 0 Å². The molecule has 0 radical (unpaired) electrons. The highest BCUT2D eigenvalue weighted by atomic mass is 16.6. The normalized spacial score (nSPS) is 23.5. The van der Waals surface area contributed by atoms with E-state index in [9.17, 15) is 14.7 Å². The summed E-state index contributed by atoms with van der Waals surface area (Å²) in [6.45, 7) is 6.56. The number of ether oxygens (including phenoxy) is 4. The number of nitrogens with zero attached hydrogens (tertiary/aromatic N) is 1. The lowest BCUT2D eigenvalue weighted by atomic mass is 10.0. The van der Waals surface area contributed by atoms with E-state index in [1.54, 1.807) is 37.3 Å². The summed E-state index contributed by atoms with van der Waals surface area (Å²) in [6.07, 6.45) is 1.63. The van der Waals surface area contributed by atoms with Crippen LogP contribution < -0.4 is 20.1 Å². The average molecular weight is 508 g/mol. The third kappa shape index (κ3) is 7.47. The molecule has 0 unspecified atom stereocenters. The Kier molecular flexibility index (Phi) is 10.6. The summed E-state index contributed by atoms with van der Waals surface area (Å²) in [4.78, 5) is 27.8. The van der Waals surface area contributed by atoms with Crippen molar-refractivity contribution in [1.29, 1.82) is 0 Å². The summed E-state index contributed by atoms with van der Waals surface area (Å²) >= 11 is 0. The average Bonchev–Trinajstić information content (AvgIpc) is 3.47. The summed E-state index contributed by atoms with van der Waals surface area (Å²) in [5.74, 6) is 0.891. The van der Waals surface area contributed by atoms with Gasteiger partial charge in [-0.1, -0.05) is 0 Å². The lowest BCUT2D eigenvalue weighted by Crippen LogP contribution is -2.46. The van der Waals surface area contributed by atoms with Crippen LogP contribution in [-0.2, 0) is 9.47 Å². The number of amides is 2. The Balaban J connectivity index is 1.64. The molecule has 1 aliphatic heterocycles. The van der Waals surface area contributed by atoms with Gasteiger partial charge in [0.1, 0.15) is 6.10 Å². The Morgan fingerprint density at radius 2 is 1.97 bits per heavy atom. The number of aliphatic hydroxyl groups excluding tert-OH is 1. The lowest BCUT2D eigenvalue weighted by Gasteiger charge is -2.31. The molecule has 1 aromatic carbocycles. The fourth-order valence-electron chi connectivity index (χ4n) is 4.72. The molecule has 1 aromatic rings. The van der Waals surface area contributed by atoms with Crippen molar-refractivity contribution in [3.8, 4) is 11.5 Å². The SMILES string of the molecule is COCCCOc1cc(C(=O)N(C[C@@H]2CNC[C@H]2OC(=O)N[C@H]2CCC[C@@H]2O)C(C)C)ccc1OC. The first-order valence-electron chi connectivity index (χ1n) is 12.8. The fraction of sp³-hybridized carbons (Fsp3) is 0.692. The third-order valence-electron chi connectivity index (χ3n) is 6.80. The molecule has 2 aliphatic rings. The summed E-state index contributed by atoms with van der Waals surface area (Å²) in [5.41, 5.74) is 0.502. The number of methoxy groups -OCH3 is 2. The first kappa shape index (κ1) is 28.0. The molecule has 0 aromatic heterocycles. The second-order valence-corrected chi connectivity index (χ2v) is 9.72. The smallest absolute Gasteiger partial charge is 0.407 e. The van der Waals surface area contributed by atoms with Crippen LogP contribution in [0.1, 0.15) is 49.9 Å². The van der Waals surface area contributed by atoms with Crippen molar-refractivity contribution < 1.29 is 33.6 Å². The van der Waals surface area contributed by atoms with E-state index < -0.39 is 12.2 Å². The Morgan fingerprint density at radius 3 is 2.64 bits per heavy atom. The van der Waals surface area contributed by atoms with Crippen molar-refractivity contribution >= 4 is 12.0 Å². The van der Waals surface area contributed by atoms with Crippen molar-refractivity contribution in [2.45, 2.75) is 63.8 Å². The van der Waals surface area contributed by atoms with Crippen LogP contribution in [0.2, 0.25) is 0 Å². The van der Waals surface area contributed by atoms with Crippen molar-refractivity contribution in [2.24, 2.45) is 5.92 Å². The Bertz CT molecular complexity index is 866. The number of benzene rings is 1. The molecule has 3 rings (SSSR count). The molecule has 0 bridgehead atoms. The number of hydrogen-bond donors (Lipinski definition) is 3. The minimum atomic E-state index is -0.526. The van der Waals surface area contributed by atoms with Crippen LogP contribution in [0.15, 0.2) is 18.2 Å². The number of nitrogens with one attached hydrogen (secondary N) is 2. The number of carbonyl (C=O) groups is 2. The first-order valence-corrected chi connectivity index (χ1v) is 12.8. The van der Waals surface area contributed by atoms with Gasteiger partial charge in [0, 0.05) is 57.3 Å². The minimum Gasteiger partial charge on any atom is -0.493 e. The molecule has 2 amide bonds. The number of carbonyl (C=O) groups excluding carboxylic acids is 2. The monoisotopic (exact) mass is 507 g/mol. The van der Waals surface area contributed by atoms with Gasteiger partial charge in [0.25, 0.3) is 5.91 Å². The van der Waals surface area contributed by atoms with Crippen molar-refractivity contribution in [2.75, 3.05) is 47.1 Å². The molecule has 10 nitrogen and oxygen atoms in total. The largest absolute Gasteiger partial charge is 0.493 e. The van der Waals surface area contributed by atoms with Gasteiger partial charge < -0.3 is 39.6 Å². The van der Waals surface area contributed by atoms with Crippen molar-refractivity contribution in [3.63, 3.8) is 0 Å². The van der Waals surface area contributed by atoms with Gasteiger partial charge in [0.05, 0.1) is 25.9 Å². The Morgan fingerprint density at radius 1 is 1.17 bits per heavy atom. The van der Waals surface area contributed by atoms with E-state index in [4.69, 9.17) is 18.9 Å². The molecular formula is C26H41N3O7. The van der Waals surface area contributed by atoms with Gasteiger partial charge in [0.15, 0.2) is 11.5 Å². The maximum Gasteiger partial charge on any atom is 0.407 e. The van der Waals surface area contributed by atoms with E-state index in [2.05, 4.69) is 10.6 Å². The summed E-state index contributed by atoms with van der Waals surface area (Å²) in [6, 6.07) is 4.86. The highest BCUT2D eigenvalue weighted by Crippen LogP contribution is 2.29. The van der Waals surface area contributed by atoms with Crippen LogP contribution in [0, 0.1) is 5.92 Å². The van der Waals surface area contributed by atoms with E-state index in [1.807, 2.05) is 13.8 Å². The van der Waals surface area contributed by atoms with Gasteiger partial charge in [0.2, 0.25) is 0 Å². The predicted octanol–water partition coefficient (Wildman–Crippen LogP) is 2.19. The zero-order valence-electron chi connectivity index (χ0n) is 21.8. The first-order chi connectivity index (χ1) is 17.3. The van der Waals surface area contributed by atoms with Crippen LogP contribution in [0.4, 0.5) is 4.79 Å². The fourth-order valence-corrected chi connectivity index (χ4v) is 4.72. The van der Waals surface area contributed by atoms with Crippen molar-refractivity contribution in [3.05, 3.63) is 23.8 Å². The van der Waals surface area contributed by atoms with Gasteiger partial charge in [-0.3, -0.25) is 4.79 Å². The van der Waals surface area contributed by atoms with Crippen LogP contribution in [0.25, 0.3) is 0 Å². The highest BCUT2D eigenvalue weighted by molar-refractivity contribution is 5.95. The quantitative estimate of drug-likeness (QED) is 0.369. The Labute approximate surface area is 213 Å². The van der Waals surface area contributed by atoms with Crippen molar-refractivity contribution in [1.82, 2.24) is 15.5 Å². The van der Waals surface area contributed by atoms with Crippen LogP contribution in [0.5, 0.6) is 11.5 Å². The molecule has 10 heteroatoms. The molecular weight excluding hydrogens is 466 g/mol. The summed E-state index contributed by atoms with van der Waals surface area (Å²) < 4.78 is 22.0. The van der Waals surface area contributed by atoms with Crippen LogP contribution in [0.3, 0.4) is 0 Å². The van der Waals surface area contributed by atoms with Gasteiger partial charge in [-0.25, -0.2) is 4.79 Å². The van der Waals surface area contributed by atoms with Crippen LogP contribution in [-0.4, -0.2) is 93.4 Å². The lowest BCUT2D eigenvalue weighted by molar-refractivity contribution is 0.0491. The molecule has 3 N–H and O–H groups in total. The van der Waals surface area contributed by atoms with Gasteiger partial charge in [-0.05, 0) is 51.3 Å². The van der Waals surface area contributed by atoms with Gasteiger partial charge >= 0.3 is 6.09 Å². The molecule has 1 aliphatic carbocycles. The molecule has 36 heavy (non-hydrogen) atoms. The number of aliphatic hydroxyl groups is 1. The predicted molar refractivity (Wildman–Crippen MR) is 135 cm³/mol. The molecule has 1 heterocycles. The third-order valence-corrected chi connectivity index (χ3v) is 6.80. The maximum atomic E-state index is 13.5. The second kappa shape index (κ2) is 13.7. The summed E-state index contributed by atoms with van der Waals surface area (Å²) in [5, 5.41) is 16.0. The molecule has 2 fully saturated rings. The molecule has 202 valence electrons. The molecule has 1 saturated carbocycles. The standard InChI is InChI=1S/C26H41N3O7/c1-17(2)29(25(31)18-9-10-22(34-4)23(13-18)35-12-6-11-33-3)16-19-14-27-15-24(19)36-26(32)28-20-7-5-8-21(20)30/h9-10,13,17,19-21,24,27,30H,5-8,11-12,14-16H2,1-4H3,(H,28,32)/t19-,20-,21-,24+/m0/s1. The van der Waals surface area contributed by atoms with Crippen LogP contribution >= 0.6 is 0 Å². The summed E-state index contributed by atoms with van der Waals surface area (Å²) in [7, 11) is 3.21. The van der Waals surface area contributed by atoms with Gasteiger partial charge in [-0.2, -0.15) is 0 Å². The molecule has 0 spiro atoms. The zero-order chi connectivity index (χ0) is 26.1. The number of alkyl carbamates (subject to hydrolysis) is 1. The van der Waals surface area contributed by atoms with E-state index in [1.165, 1.54) is 0 Å². The topological polar surface area (TPSA) is 119 Å². The van der Waals surface area contributed by atoms with Gasteiger partial charge in [-0.15, -0.1) is 0 Å². The van der Waals surface area contributed by atoms with E-state index in [0.29, 0.717) is 56.3 Å². The maximum absolute atomic E-state index is 13.5. The van der Waals surface area contributed by atoms with E-state index in [0.717, 1.165) is 19.3 Å². The highest BCUT2D eigenvalue weighted by Gasteiger charge is 2.35.